The maximum atomic E-state index is 11.6. The molecule has 162 valence electrons. The lowest BCUT2D eigenvalue weighted by Gasteiger charge is -2.27. The van der Waals surface area contributed by atoms with Crippen LogP contribution in [0.2, 0.25) is 0 Å². The zero-order valence-electron chi connectivity index (χ0n) is 17.6. The molecule has 0 spiro atoms. The van der Waals surface area contributed by atoms with Gasteiger partial charge in [0.25, 0.3) is 0 Å². The molecule has 1 aliphatic heterocycles. The molecule has 0 unspecified atom stereocenters. The molecule has 3 aromatic rings. The fourth-order valence-electron chi connectivity index (χ4n) is 4.32. The number of urea groups is 1. The molecule has 1 aliphatic carbocycles. The van der Waals surface area contributed by atoms with E-state index in [1.807, 2.05) is 24.3 Å². The van der Waals surface area contributed by atoms with Crippen LogP contribution in [0.5, 0.6) is 0 Å². The zero-order chi connectivity index (χ0) is 21.2. The molecule has 5 rings (SSSR count). The van der Waals surface area contributed by atoms with E-state index in [2.05, 4.69) is 20.7 Å². The molecule has 2 N–H and O–H groups in total. The van der Waals surface area contributed by atoms with Gasteiger partial charge in [-0.3, -0.25) is 0 Å². The summed E-state index contributed by atoms with van der Waals surface area (Å²) in [4.78, 5) is 23.5. The molecule has 9 heteroatoms. The number of ether oxygens (including phenoxy) is 1. The van der Waals surface area contributed by atoms with Crippen molar-refractivity contribution in [2.45, 2.75) is 31.6 Å². The molecule has 0 atom stereocenters. The van der Waals surface area contributed by atoms with E-state index in [1.165, 1.54) is 12.8 Å². The molecule has 0 radical (unpaired) electrons. The predicted molar refractivity (Wildman–Crippen MR) is 117 cm³/mol. The molecular weight excluding hydrogens is 396 g/mol. The highest BCUT2D eigenvalue weighted by atomic mass is 16.5. The number of carbonyl (C=O) groups is 1. The van der Waals surface area contributed by atoms with Crippen LogP contribution < -0.4 is 15.5 Å². The Bertz CT molecular complexity index is 1070. The van der Waals surface area contributed by atoms with Crippen LogP contribution in [0.4, 0.5) is 16.3 Å². The van der Waals surface area contributed by atoms with Crippen LogP contribution in [0.3, 0.4) is 0 Å². The Morgan fingerprint density at radius 3 is 2.55 bits per heavy atom. The van der Waals surface area contributed by atoms with Gasteiger partial charge in [0.1, 0.15) is 11.2 Å². The Morgan fingerprint density at radius 1 is 1.10 bits per heavy atom. The molecule has 0 bridgehead atoms. The van der Waals surface area contributed by atoms with Crippen LogP contribution in [0.15, 0.2) is 28.8 Å². The van der Waals surface area contributed by atoms with E-state index in [0.29, 0.717) is 36.2 Å². The van der Waals surface area contributed by atoms with E-state index < -0.39 is 0 Å². The van der Waals surface area contributed by atoms with Crippen molar-refractivity contribution in [3.05, 3.63) is 30.0 Å². The summed E-state index contributed by atoms with van der Waals surface area (Å²) in [5.41, 5.74) is 3.99. The molecule has 2 fully saturated rings. The number of fused-ring (bicyclic) bond motifs is 1. The first-order valence-corrected chi connectivity index (χ1v) is 10.8. The highest BCUT2D eigenvalue weighted by Crippen LogP contribution is 2.39. The van der Waals surface area contributed by atoms with Gasteiger partial charge in [-0.05, 0) is 37.1 Å². The number of carbonyl (C=O) groups excluding carboxylic acids is 1. The highest BCUT2D eigenvalue weighted by molar-refractivity contribution is 5.90. The zero-order valence-corrected chi connectivity index (χ0v) is 17.6. The third-order valence-electron chi connectivity index (χ3n) is 6.01. The normalized spacial score (nSPS) is 17.3. The lowest BCUT2D eigenvalue weighted by Crippen LogP contribution is -2.37. The van der Waals surface area contributed by atoms with Gasteiger partial charge in [-0.1, -0.05) is 18.0 Å². The predicted octanol–water partition coefficient (Wildman–Crippen LogP) is 3.53. The molecule has 1 saturated heterocycles. The number of aromatic nitrogens is 3. The average molecular weight is 422 g/mol. The summed E-state index contributed by atoms with van der Waals surface area (Å²) < 4.78 is 11.3. The van der Waals surface area contributed by atoms with Crippen LogP contribution in [0.25, 0.3) is 22.5 Å². The summed E-state index contributed by atoms with van der Waals surface area (Å²) in [6, 6.07) is 7.26. The molecule has 1 aromatic carbocycles. The highest BCUT2D eigenvalue weighted by Gasteiger charge is 2.28. The summed E-state index contributed by atoms with van der Waals surface area (Å²) in [5.74, 6) is 1.79. The van der Waals surface area contributed by atoms with Gasteiger partial charge in [-0.25, -0.2) is 14.8 Å². The van der Waals surface area contributed by atoms with E-state index in [9.17, 15) is 4.79 Å². The molecule has 31 heavy (non-hydrogen) atoms. The first kappa shape index (κ1) is 19.7. The number of morpholine rings is 1. The minimum Gasteiger partial charge on any atom is -0.378 e. The summed E-state index contributed by atoms with van der Waals surface area (Å²) in [7, 11) is 1.58. The second kappa shape index (κ2) is 8.50. The van der Waals surface area contributed by atoms with Crippen LogP contribution in [0.1, 0.15) is 37.3 Å². The standard InChI is InChI=1S/C22H26N6O3/c1-23-22(29)24-16-8-6-15(7-9-16)20-25-18-17(14-4-2-3-5-14)27-31-19(18)21(26-20)28-10-12-30-13-11-28/h6-9,14H,2-5,10-13H2,1H3,(H2,23,24,29). The van der Waals surface area contributed by atoms with Crippen molar-refractivity contribution < 1.29 is 14.1 Å². The molecule has 1 saturated carbocycles. The van der Waals surface area contributed by atoms with E-state index in [0.717, 1.165) is 48.5 Å². The summed E-state index contributed by atoms with van der Waals surface area (Å²) in [5, 5.41) is 9.75. The van der Waals surface area contributed by atoms with Crippen molar-refractivity contribution in [1.82, 2.24) is 20.4 Å². The summed E-state index contributed by atoms with van der Waals surface area (Å²) >= 11 is 0. The van der Waals surface area contributed by atoms with E-state index in [4.69, 9.17) is 19.2 Å². The first-order valence-electron chi connectivity index (χ1n) is 10.8. The fraction of sp³-hybridized carbons (Fsp3) is 0.455. The number of amides is 2. The SMILES string of the molecule is CNC(=O)Nc1ccc(-c2nc(N3CCOCC3)c3onc(C4CCCC4)c3n2)cc1. The summed E-state index contributed by atoms with van der Waals surface area (Å²) in [6.45, 7) is 2.81. The number of nitrogens with one attached hydrogen (secondary N) is 2. The smallest absolute Gasteiger partial charge is 0.318 e. The van der Waals surface area contributed by atoms with Crippen LogP contribution in [0, 0.1) is 0 Å². The number of hydrogen-bond acceptors (Lipinski definition) is 7. The largest absolute Gasteiger partial charge is 0.378 e. The van der Waals surface area contributed by atoms with Crippen LogP contribution in [-0.2, 0) is 4.74 Å². The van der Waals surface area contributed by atoms with Crippen molar-refractivity contribution in [3.8, 4) is 11.4 Å². The van der Waals surface area contributed by atoms with Gasteiger partial charge in [0.15, 0.2) is 11.6 Å². The van der Waals surface area contributed by atoms with Gasteiger partial charge >= 0.3 is 6.03 Å². The Labute approximate surface area is 180 Å². The Balaban J connectivity index is 1.56. The van der Waals surface area contributed by atoms with Gasteiger partial charge < -0.3 is 24.8 Å². The van der Waals surface area contributed by atoms with Gasteiger partial charge in [0, 0.05) is 37.3 Å². The van der Waals surface area contributed by atoms with Crippen molar-refractivity contribution in [1.29, 1.82) is 0 Å². The number of hydrogen-bond donors (Lipinski definition) is 2. The lowest BCUT2D eigenvalue weighted by atomic mass is 10.0. The Morgan fingerprint density at radius 2 is 1.84 bits per heavy atom. The maximum Gasteiger partial charge on any atom is 0.318 e. The number of nitrogens with zero attached hydrogens (tertiary/aromatic N) is 4. The first-order chi connectivity index (χ1) is 15.2. The molecule has 2 aliphatic rings. The van der Waals surface area contributed by atoms with Crippen LogP contribution in [-0.4, -0.2) is 54.5 Å². The Kier molecular flexibility index (Phi) is 5.42. The third-order valence-corrected chi connectivity index (χ3v) is 6.01. The lowest BCUT2D eigenvalue weighted by molar-refractivity contribution is 0.122. The second-order valence-corrected chi connectivity index (χ2v) is 7.98. The second-order valence-electron chi connectivity index (χ2n) is 7.98. The average Bonchev–Trinajstić information content (AvgIpc) is 3.49. The monoisotopic (exact) mass is 422 g/mol. The van der Waals surface area contributed by atoms with Crippen LogP contribution >= 0.6 is 0 Å². The Hall–Kier alpha value is -3.20. The van der Waals surface area contributed by atoms with Crippen molar-refractivity contribution in [3.63, 3.8) is 0 Å². The van der Waals surface area contributed by atoms with E-state index in [1.54, 1.807) is 7.05 Å². The number of benzene rings is 1. The quantitative estimate of drug-likeness (QED) is 0.662. The number of rotatable bonds is 4. The third kappa shape index (κ3) is 3.93. The molecule has 3 heterocycles. The maximum absolute atomic E-state index is 11.6. The van der Waals surface area contributed by atoms with E-state index >= 15 is 0 Å². The molecule has 2 amide bonds. The molecule has 9 nitrogen and oxygen atoms in total. The van der Waals surface area contributed by atoms with Crippen molar-refractivity contribution in [2.75, 3.05) is 43.6 Å². The molecular formula is C22H26N6O3. The summed E-state index contributed by atoms with van der Waals surface area (Å²) in [6.07, 6.45) is 4.67. The van der Waals surface area contributed by atoms with E-state index in [-0.39, 0.29) is 6.03 Å². The minimum atomic E-state index is -0.259. The molecule has 2 aromatic heterocycles. The topological polar surface area (TPSA) is 105 Å². The van der Waals surface area contributed by atoms with Crippen molar-refractivity contribution in [2.24, 2.45) is 0 Å². The van der Waals surface area contributed by atoms with Crippen molar-refractivity contribution >= 4 is 28.6 Å². The van der Waals surface area contributed by atoms with Gasteiger partial charge in [0.2, 0.25) is 5.58 Å². The van der Waals surface area contributed by atoms with Gasteiger partial charge in [-0.2, -0.15) is 0 Å². The van der Waals surface area contributed by atoms with Gasteiger partial charge in [0.05, 0.1) is 13.2 Å². The van der Waals surface area contributed by atoms with Gasteiger partial charge in [-0.15, -0.1) is 0 Å². The fourth-order valence-corrected chi connectivity index (χ4v) is 4.32. The minimum absolute atomic E-state index is 0.259. The number of anilines is 2.